The van der Waals surface area contributed by atoms with E-state index in [-0.39, 0.29) is 12.1 Å². The van der Waals surface area contributed by atoms with Gasteiger partial charge in [0, 0.05) is 25.0 Å². The quantitative estimate of drug-likeness (QED) is 0.426. The summed E-state index contributed by atoms with van der Waals surface area (Å²) < 4.78 is 5.57. The van der Waals surface area contributed by atoms with E-state index in [1.807, 2.05) is 0 Å². The molecule has 1 unspecified atom stereocenters. The van der Waals surface area contributed by atoms with E-state index in [9.17, 15) is 4.79 Å². The Morgan fingerprint density at radius 3 is 2.72 bits per heavy atom. The van der Waals surface area contributed by atoms with Gasteiger partial charge in [-0.15, -0.1) is 0 Å². The van der Waals surface area contributed by atoms with E-state index in [0.29, 0.717) is 23.3 Å². The molecule has 170 valence electrons. The molecule has 0 aromatic heterocycles. The summed E-state index contributed by atoms with van der Waals surface area (Å²) in [6.45, 7) is 6.52. The van der Waals surface area contributed by atoms with E-state index < -0.39 is 0 Å². The zero-order valence-electron chi connectivity index (χ0n) is 19.7. The summed E-state index contributed by atoms with van der Waals surface area (Å²) >= 11 is 0. The molecule has 4 nitrogen and oxygen atoms in total. The van der Waals surface area contributed by atoms with Crippen LogP contribution in [0.25, 0.3) is 0 Å². The number of hydrogen-bond donors (Lipinski definition) is 0. The van der Waals surface area contributed by atoms with Crippen LogP contribution in [0.4, 0.5) is 5.69 Å². The van der Waals surface area contributed by atoms with Gasteiger partial charge in [-0.3, -0.25) is 9.80 Å². The highest BCUT2D eigenvalue weighted by Crippen LogP contribution is 2.64. The van der Waals surface area contributed by atoms with Gasteiger partial charge in [0.1, 0.15) is 6.10 Å². The molecule has 1 aliphatic heterocycles. The normalized spacial score (nSPS) is 42.2. The topological polar surface area (TPSA) is 41.9 Å². The second kappa shape index (κ2) is 7.46. The second-order valence-corrected chi connectivity index (χ2v) is 11.3. The molecular weight excluding hydrogens is 396 g/mol. The van der Waals surface area contributed by atoms with Gasteiger partial charge in [0.25, 0.3) is 0 Å². The van der Waals surface area contributed by atoms with Crippen LogP contribution in [0.15, 0.2) is 47.1 Å². The van der Waals surface area contributed by atoms with Crippen molar-refractivity contribution in [2.45, 2.75) is 77.9 Å². The van der Waals surface area contributed by atoms with E-state index in [1.165, 1.54) is 43.5 Å². The predicted molar refractivity (Wildman–Crippen MR) is 127 cm³/mol. The maximum atomic E-state index is 11.4. The number of hydrogen-bond acceptors (Lipinski definition) is 4. The summed E-state index contributed by atoms with van der Waals surface area (Å²) in [5.74, 6) is 3.52. The molecule has 5 aliphatic rings. The SMILES string of the molecule is CC(=O)O[C@H]1CCC2C(=CC[C@@H]3[C@@H]2CC[C@]2(C)[C@@H]4C(=NN(c5ccccc5)[C@H]4C)C[C@@H]32)C1. The number of rotatable bonds is 2. The summed E-state index contributed by atoms with van der Waals surface area (Å²) in [5, 5.41) is 7.51. The Hall–Kier alpha value is -2.10. The lowest BCUT2D eigenvalue weighted by Crippen LogP contribution is -2.49. The van der Waals surface area contributed by atoms with Gasteiger partial charge in [0.05, 0.1) is 11.7 Å². The van der Waals surface area contributed by atoms with Crippen molar-refractivity contribution in [2.75, 3.05) is 5.01 Å². The number of para-hydroxylation sites is 1. The standard InChI is InChI=1S/C28H36N2O2/c1-17-27-26(29-30(17)20-7-5-4-6-8-20)16-25-24-11-9-19-15-21(32-18(2)31)10-12-22(19)23(24)13-14-28(25,27)3/h4-9,17,21-25,27H,10-16H2,1-3H3/t17-,21-,22?,23+,24+,25-,27-,28-/m0/s1. The molecule has 0 bridgehead atoms. The molecule has 3 fully saturated rings. The third-order valence-electron chi connectivity index (χ3n) is 9.79. The number of anilines is 1. The summed E-state index contributed by atoms with van der Waals surface area (Å²) in [7, 11) is 0. The molecule has 0 spiro atoms. The average Bonchev–Trinajstić information content (AvgIpc) is 3.27. The highest BCUT2D eigenvalue weighted by atomic mass is 16.5. The van der Waals surface area contributed by atoms with Crippen molar-refractivity contribution in [3.05, 3.63) is 42.0 Å². The number of carbonyl (C=O) groups excluding carboxylic acids is 1. The van der Waals surface area contributed by atoms with Gasteiger partial charge in [-0.05, 0) is 86.7 Å². The number of fused-ring (bicyclic) bond motifs is 7. The first-order valence-electron chi connectivity index (χ1n) is 12.7. The van der Waals surface area contributed by atoms with Crippen LogP contribution in [0.2, 0.25) is 0 Å². The van der Waals surface area contributed by atoms with E-state index in [0.717, 1.165) is 30.6 Å². The highest BCUT2D eigenvalue weighted by molar-refractivity contribution is 5.94. The molecule has 0 saturated heterocycles. The first-order valence-corrected chi connectivity index (χ1v) is 12.7. The number of hydrazone groups is 1. The van der Waals surface area contributed by atoms with Crippen LogP contribution < -0.4 is 5.01 Å². The van der Waals surface area contributed by atoms with E-state index in [4.69, 9.17) is 9.84 Å². The molecule has 6 rings (SSSR count). The molecule has 0 N–H and O–H groups in total. The number of esters is 1. The van der Waals surface area contributed by atoms with Crippen molar-refractivity contribution in [1.29, 1.82) is 0 Å². The number of benzene rings is 1. The van der Waals surface area contributed by atoms with Crippen molar-refractivity contribution < 1.29 is 9.53 Å². The zero-order chi connectivity index (χ0) is 22.0. The van der Waals surface area contributed by atoms with Crippen LogP contribution in [0.1, 0.15) is 65.7 Å². The molecular formula is C28H36N2O2. The lowest BCUT2D eigenvalue weighted by molar-refractivity contribution is -0.147. The fraction of sp³-hybridized carbons (Fsp3) is 0.643. The Kier molecular flexibility index (Phi) is 4.78. The van der Waals surface area contributed by atoms with Crippen LogP contribution in [0, 0.1) is 35.0 Å². The van der Waals surface area contributed by atoms with Crippen molar-refractivity contribution in [3.8, 4) is 0 Å². The minimum Gasteiger partial charge on any atom is -0.462 e. The smallest absolute Gasteiger partial charge is 0.302 e. The maximum Gasteiger partial charge on any atom is 0.302 e. The Balaban J connectivity index is 1.25. The van der Waals surface area contributed by atoms with Crippen LogP contribution >= 0.6 is 0 Å². The molecule has 1 aromatic carbocycles. The Morgan fingerprint density at radius 2 is 1.94 bits per heavy atom. The van der Waals surface area contributed by atoms with Gasteiger partial charge in [-0.25, -0.2) is 0 Å². The number of nitrogens with zero attached hydrogens (tertiary/aromatic N) is 2. The average molecular weight is 433 g/mol. The van der Waals surface area contributed by atoms with Crippen LogP contribution in [0.3, 0.4) is 0 Å². The van der Waals surface area contributed by atoms with E-state index in [1.54, 1.807) is 12.5 Å². The van der Waals surface area contributed by atoms with Crippen LogP contribution in [-0.4, -0.2) is 23.8 Å². The monoisotopic (exact) mass is 432 g/mol. The zero-order valence-corrected chi connectivity index (χ0v) is 19.7. The molecule has 3 saturated carbocycles. The lowest BCUT2D eigenvalue weighted by Gasteiger charge is -2.54. The highest BCUT2D eigenvalue weighted by Gasteiger charge is 2.61. The van der Waals surface area contributed by atoms with Crippen molar-refractivity contribution in [2.24, 2.45) is 40.1 Å². The number of ether oxygens (including phenoxy) is 1. The minimum atomic E-state index is -0.131. The van der Waals surface area contributed by atoms with Gasteiger partial charge in [0.2, 0.25) is 0 Å². The maximum absolute atomic E-state index is 11.4. The first kappa shape index (κ1) is 20.5. The lowest BCUT2D eigenvalue weighted by atomic mass is 9.51. The van der Waals surface area contributed by atoms with Crippen LogP contribution in [-0.2, 0) is 9.53 Å². The summed E-state index contributed by atoms with van der Waals surface area (Å²) in [6.07, 6.45) is 10.9. The van der Waals surface area contributed by atoms with Gasteiger partial charge < -0.3 is 4.74 Å². The fourth-order valence-corrected chi connectivity index (χ4v) is 8.60. The number of allylic oxidation sites excluding steroid dienone is 1. The molecule has 4 aliphatic carbocycles. The Morgan fingerprint density at radius 1 is 1.12 bits per heavy atom. The van der Waals surface area contributed by atoms with Gasteiger partial charge in [0.15, 0.2) is 0 Å². The second-order valence-electron chi connectivity index (χ2n) is 11.3. The van der Waals surface area contributed by atoms with Gasteiger partial charge in [-0.1, -0.05) is 36.8 Å². The third kappa shape index (κ3) is 3.01. The Bertz CT molecular complexity index is 969. The summed E-state index contributed by atoms with van der Waals surface area (Å²) in [4.78, 5) is 11.4. The van der Waals surface area contributed by atoms with Crippen molar-refractivity contribution >= 4 is 17.4 Å². The fourth-order valence-electron chi connectivity index (χ4n) is 8.60. The van der Waals surface area contributed by atoms with E-state index in [2.05, 4.69) is 55.3 Å². The molecule has 8 atom stereocenters. The van der Waals surface area contributed by atoms with Gasteiger partial charge in [-0.2, -0.15) is 5.10 Å². The molecule has 0 amide bonds. The third-order valence-corrected chi connectivity index (χ3v) is 9.79. The van der Waals surface area contributed by atoms with Crippen molar-refractivity contribution in [3.63, 3.8) is 0 Å². The van der Waals surface area contributed by atoms with Crippen LogP contribution in [0.5, 0.6) is 0 Å². The Labute approximate surface area is 192 Å². The van der Waals surface area contributed by atoms with Crippen molar-refractivity contribution in [1.82, 2.24) is 0 Å². The molecule has 1 heterocycles. The molecule has 4 heteroatoms. The molecule has 32 heavy (non-hydrogen) atoms. The first-order chi connectivity index (χ1) is 15.5. The largest absolute Gasteiger partial charge is 0.462 e. The number of carbonyl (C=O) groups is 1. The summed E-state index contributed by atoms with van der Waals surface area (Å²) in [6, 6.07) is 11.1. The van der Waals surface area contributed by atoms with E-state index >= 15 is 0 Å². The predicted octanol–water partition coefficient (Wildman–Crippen LogP) is 5.98. The molecule has 1 aromatic rings. The van der Waals surface area contributed by atoms with Gasteiger partial charge >= 0.3 is 5.97 Å². The molecule has 0 radical (unpaired) electrons. The summed E-state index contributed by atoms with van der Waals surface area (Å²) in [5.41, 5.74) is 4.64. The minimum absolute atomic E-state index is 0.102.